The minimum Gasteiger partial charge on any atom is -0.334 e. The molecule has 0 aromatic heterocycles. The zero-order chi connectivity index (χ0) is 13.3. The molecule has 2 nitrogen and oxygen atoms in total. The number of aryl methyl sites for hydroxylation is 1. The van der Waals surface area contributed by atoms with Crippen molar-refractivity contribution in [2.75, 3.05) is 12.4 Å². The van der Waals surface area contributed by atoms with Crippen LogP contribution in [-0.2, 0) is 0 Å². The first-order valence-corrected chi connectivity index (χ1v) is 7.09. The summed E-state index contributed by atoms with van der Waals surface area (Å²) in [5.41, 5.74) is 1.64. The van der Waals surface area contributed by atoms with E-state index in [0.29, 0.717) is 22.4 Å². The molecular weight excluding hydrogens is 269 g/mol. The molecule has 1 amide bonds. The highest BCUT2D eigenvalue weighted by atomic mass is 35.5. The molecule has 0 radical (unpaired) electrons. The van der Waals surface area contributed by atoms with Gasteiger partial charge in [-0.1, -0.05) is 24.6 Å². The minimum absolute atomic E-state index is 0.0463. The van der Waals surface area contributed by atoms with Crippen molar-refractivity contribution < 1.29 is 4.79 Å². The van der Waals surface area contributed by atoms with Crippen molar-refractivity contribution in [2.24, 2.45) is 5.92 Å². The summed E-state index contributed by atoms with van der Waals surface area (Å²) in [5, 5.41) is 0.596. The van der Waals surface area contributed by atoms with E-state index in [-0.39, 0.29) is 11.9 Å². The number of rotatable bonds is 2. The van der Waals surface area contributed by atoms with Crippen molar-refractivity contribution in [3.05, 3.63) is 34.3 Å². The van der Waals surface area contributed by atoms with Gasteiger partial charge in [0.1, 0.15) is 0 Å². The number of likely N-dealkylation sites (tertiary alicyclic amines) is 1. The van der Waals surface area contributed by atoms with Crippen LogP contribution in [0, 0.1) is 12.8 Å². The van der Waals surface area contributed by atoms with Crippen LogP contribution in [0.15, 0.2) is 18.2 Å². The highest BCUT2D eigenvalue weighted by molar-refractivity contribution is 6.31. The van der Waals surface area contributed by atoms with E-state index in [4.69, 9.17) is 23.2 Å². The van der Waals surface area contributed by atoms with Crippen molar-refractivity contribution in [1.29, 1.82) is 0 Å². The summed E-state index contributed by atoms with van der Waals surface area (Å²) in [5.74, 6) is 1.00. The normalized spacial score (nSPS) is 23.4. The van der Waals surface area contributed by atoms with Crippen molar-refractivity contribution in [2.45, 2.75) is 26.3 Å². The molecule has 1 heterocycles. The third kappa shape index (κ3) is 2.50. The fourth-order valence-corrected chi connectivity index (χ4v) is 3.12. The first kappa shape index (κ1) is 13.7. The number of carbonyl (C=O) groups is 1. The molecule has 0 saturated carbocycles. The molecule has 1 aliphatic heterocycles. The van der Waals surface area contributed by atoms with Crippen LogP contribution in [0.3, 0.4) is 0 Å². The summed E-state index contributed by atoms with van der Waals surface area (Å²) < 4.78 is 0. The maximum atomic E-state index is 12.5. The van der Waals surface area contributed by atoms with E-state index >= 15 is 0 Å². The monoisotopic (exact) mass is 285 g/mol. The lowest BCUT2D eigenvalue weighted by Crippen LogP contribution is -2.39. The van der Waals surface area contributed by atoms with Gasteiger partial charge >= 0.3 is 0 Å². The Bertz CT molecular complexity index is 461. The van der Waals surface area contributed by atoms with Gasteiger partial charge in [0.05, 0.1) is 0 Å². The number of hydrogen-bond acceptors (Lipinski definition) is 1. The molecule has 98 valence electrons. The molecule has 1 aromatic rings. The van der Waals surface area contributed by atoms with Gasteiger partial charge in [-0.2, -0.15) is 0 Å². The van der Waals surface area contributed by atoms with E-state index in [0.717, 1.165) is 18.5 Å². The summed E-state index contributed by atoms with van der Waals surface area (Å²) in [7, 11) is 0. The molecule has 18 heavy (non-hydrogen) atoms. The Labute approximate surface area is 118 Å². The molecule has 0 bridgehead atoms. The molecule has 0 aliphatic carbocycles. The van der Waals surface area contributed by atoms with E-state index in [2.05, 4.69) is 6.92 Å². The van der Waals surface area contributed by atoms with Crippen LogP contribution in [0.2, 0.25) is 5.02 Å². The van der Waals surface area contributed by atoms with Crippen LogP contribution >= 0.6 is 23.2 Å². The fraction of sp³-hybridized carbons (Fsp3) is 0.500. The average molecular weight is 286 g/mol. The van der Waals surface area contributed by atoms with Gasteiger partial charge < -0.3 is 4.90 Å². The molecule has 1 aliphatic rings. The standard InChI is InChI=1S/C14H17Cl2NO/c1-9-3-4-11(16)7-12(9)14(18)17-6-5-10(2)13(17)8-15/h3-4,7,10,13H,5-6,8H2,1-2H3. The second kappa shape index (κ2) is 5.50. The van der Waals surface area contributed by atoms with Crippen molar-refractivity contribution >= 4 is 29.1 Å². The summed E-state index contributed by atoms with van der Waals surface area (Å²) in [6.07, 6.45) is 1.02. The maximum absolute atomic E-state index is 12.5. The number of alkyl halides is 1. The Morgan fingerprint density at radius 3 is 2.89 bits per heavy atom. The lowest BCUT2D eigenvalue weighted by atomic mass is 10.0. The molecule has 1 saturated heterocycles. The number of amides is 1. The molecule has 0 N–H and O–H groups in total. The van der Waals surface area contributed by atoms with Gasteiger partial charge in [-0.05, 0) is 37.0 Å². The van der Waals surface area contributed by atoms with Gasteiger partial charge in [-0.15, -0.1) is 11.6 Å². The van der Waals surface area contributed by atoms with Gasteiger partial charge in [-0.3, -0.25) is 4.79 Å². The zero-order valence-corrected chi connectivity index (χ0v) is 12.1. The van der Waals surface area contributed by atoms with E-state index in [9.17, 15) is 4.79 Å². The van der Waals surface area contributed by atoms with Gasteiger partial charge in [0.2, 0.25) is 0 Å². The Hall–Kier alpha value is -0.730. The predicted octanol–water partition coefficient (Wildman–Crippen LogP) is 3.74. The van der Waals surface area contributed by atoms with Gasteiger partial charge in [0.25, 0.3) is 5.91 Å². The smallest absolute Gasteiger partial charge is 0.254 e. The third-order valence-electron chi connectivity index (χ3n) is 3.73. The molecular formula is C14H17Cl2NO. The van der Waals surface area contributed by atoms with Crippen LogP contribution in [0.1, 0.15) is 29.3 Å². The van der Waals surface area contributed by atoms with Gasteiger partial charge in [0, 0.05) is 29.1 Å². The fourth-order valence-electron chi connectivity index (χ4n) is 2.47. The van der Waals surface area contributed by atoms with Crippen LogP contribution in [-0.4, -0.2) is 29.3 Å². The third-order valence-corrected chi connectivity index (χ3v) is 4.28. The highest BCUT2D eigenvalue weighted by Crippen LogP contribution is 2.28. The van der Waals surface area contributed by atoms with E-state index in [1.165, 1.54) is 0 Å². The summed E-state index contributed by atoms with van der Waals surface area (Å²) in [6.45, 7) is 4.85. The topological polar surface area (TPSA) is 20.3 Å². The second-order valence-corrected chi connectivity index (χ2v) is 5.69. The van der Waals surface area contributed by atoms with Crippen LogP contribution < -0.4 is 0 Å². The highest BCUT2D eigenvalue weighted by Gasteiger charge is 2.34. The van der Waals surface area contributed by atoms with Gasteiger partial charge in [0.15, 0.2) is 0 Å². The molecule has 2 rings (SSSR count). The van der Waals surface area contributed by atoms with E-state index < -0.39 is 0 Å². The molecule has 1 aromatic carbocycles. The number of carbonyl (C=O) groups excluding carboxylic acids is 1. The lowest BCUT2D eigenvalue weighted by molar-refractivity contribution is 0.0736. The van der Waals surface area contributed by atoms with Crippen molar-refractivity contribution in [1.82, 2.24) is 4.90 Å². The van der Waals surface area contributed by atoms with Crippen LogP contribution in [0.4, 0.5) is 0 Å². The molecule has 2 atom stereocenters. The van der Waals surface area contributed by atoms with E-state index in [1.54, 1.807) is 12.1 Å². The van der Waals surface area contributed by atoms with Gasteiger partial charge in [-0.25, -0.2) is 0 Å². The van der Waals surface area contributed by atoms with Crippen LogP contribution in [0.25, 0.3) is 0 Å². The first-order chi connectivity index (χ1) is 8.54. The maximum Gasteiger partial charge on any atom is 0.254 e. The Morgan fingerprint density at radius 2 is 2.22 bits per heavy atom. The number of nitrogens with zero attached hydrogens (tertiary/aromatic N) is 1. The Kier molecular flexibility index (Phi) is 4.18. The largest absolute Gasteiger partial charge is 0.334 e. The summed E-state index contributed by atoms with van der Waals surface area (Å²) in [4.78, 5) is 14.4. The number of benzene rings is 1. The Balaban J connectivity index is 2.28. The van der Waals surface area contributed by atoms with Crippen molar-refractivity contribution in [3.8, 4) is 0 Å². The molecule has 4 heteroatoms. The lowest BCUT2D eigenvalue weighted by Gasteiger charge is -2.25. The first-order valence-electron chi connectivity index (χ1n) is 6.17. The second-order valence-electron chi connectivity index (χ2n) is 4.95. The predicted molar refractivity (Wildman–Crippen MR) is 75.5 cm³/mol. The van der Waals surface area contributed by atoms with E-state index in [1.807, 2.05) is 17.9 Å². The van der Waals surface area contributed by atoms with Crippen molar-refractivity contribution in [3.63, 3.8) is 0 Å². The molecule has 2 unspecified atom stereocenters. The zero-order valence-electron chi connectivity index (χ0n) is 10.6. The number of hydrogen-bond donors (Lipinski definition) is 0. The number of halogens is 2. The molecule has 0 spiro atoms. The molecule has 1 fully saturated rings. The SMILES string of the molecule is Cc1ccc(Cl)cc1C(=O)N1CCC(C)C1CCl. The average Bonchev–Trinajstić information content (AvgIpc) is 2.72. The summed E-state index contributed by atoms with van der Waals surface area (Å²) in [6, 6.07) is 5.56. The Morgan fingerprint density at radius 1 is 1.50 bits per heavy atom. The quantitative estimate of drug-likeness (QED) is 0.758. The minimum atomic E-state index is 0.0463. The van der Waals surface area contributed by atoms with Crippen LogP contribution in [0.5, 0.6) is 0 Å². The summed E-state index contributed by atoms with van der Waals surface area (Å²) >= 11 is 11.9.